The van der Waals surface area contributed by atoms with E-state index in [-0.39, 0.29) is 5.91 Å². The van der Waals surface area contributed by atoms with Crippen LogP contribution in [0.4, 0.5) is 0 Å². The van der Waals surface area contributed by atoms with E-state index in [1.807, 2.05) is 35.7 Å². The predicted octanol–water partition coefficient (Wildman–Crippen LogP) is 1.66. The zero-order valence-corrected chi connectivity index (χ0v) is 10.9. The highest BCUT2D eigenvalue weighted by molar-refractivity contribution is 5.92. The van der Waals surface area contributed by atoms with Crippen molar-refractivity contribution < 1.29 is 9.53 Å². The van der Waals surface area contributed by atoms with Gasteiger partial charge in [-0.25, -0.2) is 4.98 Å². The summed E-state index contributed by atoms with van der Waals surface area (Å²) in [5.41, 5.74) is 2.13. The highest BCUT2D eigenvalue weighted by atomic mass is 16.5. The van der Waals surface area contributed by atoms with E-state index in [9.17, 15) is 4.79 Å². The Morgan fingerprint density at radius 2 is 2.37 bits per heavy atom. The lowest BCUT2D eigenvalue weighted by Crippen LogP contribution is -2.27. The molecule has 0 saturated carbocycles. The third-order valence-electron chi connectivity index (χ3n) is 2.48. The molecule has 0 aliphatic carbocycles. The van der Waals surface area contributed by atoms with E-state index < -0.39 is 0 Å². The standard InChI is InChI=1S/C14H17N3O2/c1-11(2)10-19-8-6-15-14(18)12-9-17-7-4-3-5-13(17)16-12/h3-5,7,9H,1,6,8,10H2,2H3,(H,15,18). The molecule has 0 atom stereocenters. The van der Waals surface area contributed by atoms with Crippen LogP contribution in [0.2, 0.25) is 0 Å². The molecule has 19 heavy (non-hydrogen) atoms. The van der Waals surface area contributed by atoms with E-state index in [0.717, 1.165) is 11.2 Å². The van der Waals surface area contributed by atoms with Crippen molar-refractivity contribution in [3.8, 4) is 0 Å². The molecule has 2 aromatic heterocycles. The van der Waals surface area contributed by atoms with Gasteiger partial charge in [-0.2, -0.15) is 0 Å². The number of rotatable bonds is 6. The van der Waals surface area contributed by atoms with Crippen molar-refractivity contribution in [2.75, 3.05) is 19.8 Å². The van der Waals surface area contributed by atoms with Gasteiger partial charge in [0.15, 0.2) is 0 Å². The molecule has 0 bridgehead atoms. The maximum Gasteiger partial charge on any atom is 0.271 e. The van der Waals surface area contributed by atoms with Gasteiger partial charge in [0, 0.05) is 18.9 Å². The largest absolute Gasteiger partial charge is 0.375 e. The Bertz CT molecular complexity index is 556. The lowest BCUT2D eigenvalue weighted by molar-refractivity contribution is 0.0922. The SMILES string of the molecule is C=C(C)COCCNC(=O)c1cn2ccccc2n1. The number of carbonyl (C=O) groups is 1. The van der Waals surface area contributed by atoms with E-state index in [1.54, 1.807) is 6.20 Å². The first-order valence-corrected chi connectivity index (χ1v) is 6.11. The van der Waals surface area contributed by atoms with Crippen molar-refractivity contribution in [1.82, 2.24) is 14.7 Å². The number of imidazole rings is 1. The van der Waals surface area contributed by atoms with E-state index in [0.29, 0.717) is 25.5 Å². The molecule has 0 aliphatic rings. The average molecular weight is 259 g/mol. The summed E-state index contributed by atoms with van der Waals surface area (Å²) in [6.07, 6.45) is 3.56. The number of nitrogens with zero attached hydrogens (tertiary/aromatic N) is 2. The Hall–Kier alpha value is -2.14. The average Bonchev–Trinajstić information content (AvgIpc) is 2.81. The van der Waals surface area contributed by atoms with Crippen molar-refractivity contribution in [3.05, 3.63) is 48.4 Å². The summed E-state index contributed by atoms with van der Waals surface area (Å²) in [5.74, 6) is -0.192. The molecule has 0 saturated heterocycles. The van der Waals surface area contributed by atoms with Crippen molar-refractivity contribution in [2.45, 2.75) is 6.92 Å². The molecule has 0 unspecified atom stereocenters. The Balaban J connectivity index is 1.84. The van der Waals surface area contributed by atoms with Gasteiger partial charge >= 0.3 is 0 Å². The fourth-order valence-corrected chi connectivity index (χ4v) is 1.62. The second kappa shape index (κ2) is 6.15. The van der Waals surface area contributed by atoms with Gasteiger partial charge in [-0.15, -0.1) is 0 Å². The Morgan fingerprint density at radius 3 is 3.11 bits per heavy atom. The predicted molar refractivity (Wildman–Crippen MR) is 73.2 cm³/mol. The molecule has 0 aromatic carbocycles. The number of amides is 1. The van der Waals surface area contributed by atoms with Crippen LogP contribution in [0.15, 0.2) is 42.7 Å². The van der Waals surface area contributed by atoms with Gasteiger partial charge in [-0.1, -0.05) is 18.2 Å². The second-order valence-corrected chi connectivity index (χ2v) is 4.36. The summed E-state index contributed by atoms with van der Waals surface area (Å²) < 4.78 is 7.11. The van der Waals surface area contributed by atoms with E-state index >= 15 is 0 Å². The molecular formula is C14H17N3O2. The summed E-state index contributed by atoms with van der Waals surface area (Å²) in [7, 11) is 0. The maximum absolute atomic E-state index is 11.9. The molecule has 1 N–H and O–H groups in total. The molecule has 5 nitrogen and oxygen atoms in total. The molecule has 0 radical (unpaired) electrons. The number of hydrogen-bond acceptors (Lipinski definition) is 3. The zero-order valence-electron chi connectivity index (χ0n) is 10.9. The number of hydrogen-bond donors (Lipinski definition) is 1. The van der Waals surface area contributed by atoms with E-state index in [2.05, 4.69) is 16.9 Å². The van der Waals surface area contributed by atoms with Gasteiger partial charge < -0.3 is 14.5 Å². The topological polar surface area (TPSA) is 55.6 Å². The third kappa shape index (κ3) is 3.66. The highest BCUT2D eigenvalue weighted by Crippen LogP contribution is 2.03. The van der Waals surface area contributed by atoms with E-state index in [4.69, 9.17) is 4.74 Å². The van der Waals surface area contributed by atoms with Crippen LogP contribution in [0.25, 0.3) is 5.65 Å². The Kier molecular flexibility index (Phi) is 4.30. The van der Waals surface area contributed by atoms with Crippen LogP contribution in [0.5, 0.6) is 0 Å². The van der Waals surface area contributed by atoms with Crippen LogP contribution < -0.4 is 5.32 Å². The number of aromatic nitrogens is 2. The summed E-state index contributed by atoms with van der Waals surface area (Å²) in [6.45, 7) is 7.07. The smallest absolute Gasteiger partial charge is 0.271 e. The first-order chi connectivity index (χ1) is 9.16. The van der Waals surface area contributed by atoms with Crippen LogP contribution in [0, 0.1) is 0 Å². The van der Waals surface area contributed by atoms with Crippen molar-refractivity contribution >= 4 is 11.6 Å². The minimum atomic E-state index is -0.192. The molecule has 100 valence electrons. The molecule has 0 fully saturated rings. The molecule has 2 aromatic rings. The van der Waals surface area contributed by atoms with E-state index in [1.165, 1.54) is 0 Å². The lowest BCUT2D eigenvalue weighted by atomic mass is 10.4. The van der Waals surface area contributed by atoms with Crippen LogP contribution >= 0.6 is 0 Å². The molecule has 2 heterocycles. The number of nitrogens with one attached hydrogen (secondary N) is 1. The molecule has 5 heteroatoms. The van der Waals surface area contributed by atoms with Gasteiger partial charge in [0.25, 0.3) is 5.91 Å². The minimum Gasteiger partial charge on any atom is -0.375 e. The zero-order chi connectivity index (χ0) is 13.7. The lowest BCUT2D eigenvalue weighted by Gasteiger charge is -2.04. The monoisotopic (exact) mass is 259 g/mol. The van der Waals surface area contributed by atoms with Gasteiger partial charge in [-0.3, -0.25) is 4.79 Å². The Labute approximate surface area is 111 Å². The van der Waals surface area contributed by atoms with Crippen molar-refractivity contribution in [3.63, 3.8) is 0 Å². The van der Waals surface area contributed by atoms with Crippen molar-refractivity contribution in [2.24, 2.45) is 0 Å². The summed E-state index contributed by atoms with van der Waals surface area (Å²) in [6, 6.07) is 5.63. The summed E-state index contributed by atoms with van der Waals surface area (Å²) in [5, 5.41) is 2.76. The van der Waals surface area contributed by atoms with Gasteiger partial charge in [-0.05, 0) is 19.1 Å². The number of fused-ring (bicyclic) bond motifs is 1. The van der Waals surface area contributed by atoms with Gasteiger partial charge in [0.2, 0.25) is 0 Å². The first-order valence-electron chi connectivity index (χ1n) is 6.11. The first kappa shape index (κ1) is 13.3. The minimum absolute atomic E-state index is 0.192. The molecular weight excluding hydrogens is 242 g/mol. The number of carbonyl (C=O) groups excluding carboxylic acids is 1. The highest BCUT2D eigenvalue weighted by Gasteiger charge is 2.09. The molecule has 2 rings (SSSR count). The third-order valence-corrected chi connectivity index (χ3v) is 2.48. The fraction of sp³-hybridized carbons (Fsp3) is 0.286. The summed E-state index contributed by atoms with van der Waals surface area (Å²) in [4.78, 5) is 16.1. The van der Waals surface area contributed by atoms with Crippen LogP contribution in [-0.2, 0) is 4.74 Å². The molecule has 1 amide bonds. The van der Waals surface area contributed by atoms with Crippen LogP contribution in [-0.4, -0.2) is 35.1 Å². The molecule has 0 spiro atoms. The second-order valence-electron chi connectivity index (χ2n) is 4.36. The Morgan fingerprint density at radius 1 is 1.53 bits per heavy atom. The van der Waals surface area contributed by atoms with Gasteiger partial charge in [0.1, 0.15) is 11.3 Å². The van der Waals surface area contributed by atoms with Crippen LogP contribution in [0.3, 0.4) is 0 Å². The van der Waals surface area contributed by atoms with Crippen molar-refractivity contribution in [1.29, 1.82) is 0 Å². The quantitative estimate of drug-likeness (QED) is 0.634. The fourth-order valence-electron chi connectivity index (χ4n) is 1.62. The number of ether oxygens (including phenoxy) is 1. The van der Waals surface area contributed by atoms with Crippen LogP contribution in [0.1, 0.15) is 17.4 Å². The summed E-state index contributed by atoms with van der Waals surface area (Å²) >= 11 is 0. The molecule has 0 aliphatic heterocycles. The maximum atomic E-state index is 11.9. The van der Waals surface area contributed by atoms with Gasteiger partial charge in [0.05, 0.1) is 13.2 Å². The normalized spacial score (nSPS) is 10.6. The number of pyridine rings is 1.